The Morgan fingerprint density at radius 2 is 1.85 bits per heavy atom. The number of methoxy groups -OCH3 is 2. The molecule has 20 heavy (non-hydrogen) atoms. The maximum atomic E-state index is 12.5. The van der Waals surface area contributed by atoms with Crippen LogP contribution in [0.4, 0.5) is 0 Å². The van der Waals surface area contributed by atoms with Crippen molar-refractivity contribution in [3.8, 4) is 11.5 Å². The highest BCUT2D eigenvalue weighted by molar-refractivity contribution is 9.11. The van der Waals surface area contributed by atoms with E-state index < -0.39 is 0 Å². The second kappa shape index (κ2) is 6.37. The fourth-order valence-electron chi connectivity index (χ4n) is 1.72. The van der Waals surface area contributed by atoms with E-state index in [4.69, 9.17) is 9.47 Å². The van der Waals surface area contributed by atoms with Crippen LogP contribution in [0.15, 0.2) is 39.4 Å². The SMILES string of the molecule is COc1ccc(C(=O)c2ccc(Br)cn2)c(OC)c1Br. The molecule has 0 saturated heterocycles. The fourth-order valence-corrected chi connectivity index (χ4v) is 2.63. The Morgan fingerprint density at radius 1 is 1.10 bits per heavy atom. The Hall–Kier alpha value is -1.40. The van der Waals surface area contributed by atoms with Gasteiger partial charge in [0, 0.05) is 10.7 Å². The van der Waals surface area contributed by atoms with Crippen LogP contribution in [0.5, 0.6) is 11.5 Å². The highest BCUT2D eigenvalue weighted by Gasteiger charge is 2.20. The van der Waals surface area contributed by atoms with Crippen LogP contribution in [0.1, 0.15) is 16.1 Å². The highest BCUT2D eigenvalue weighted by atomic mass is 79.9. The molecular weight excluding hydrogens is 390 g/mol. The van der Waals surface area contributed by atoms with Gasteiger partial charge in [0.05, 0.1) is 19.8 Å². The van der Waals surface area contributed by atoms with Crippen molar-refractivity contribution in [1.29, 1.82) is 0 Å². The lowest BCUT2D eigenvalue weighted by atomic mass is 10.1. The molecule has 0 bridgehead atoms. The molecule has 1 heterocycles. The smallest absolute Gasteiger partial charge is 0.215 e. The number of carbonyl (C=O) groups excluding carboxylic acids is 1. The molecule has 0 radical (unpaired) electrons. The van der Waals surface area contributed by atoms with E-state index in [-0.39, 0.29) is 5.78 Å². The van der Waals surface area contributed by atoms with Crippen molar-refractivity contribution in [3.05, 3.63) is 50.7 Å². The third-order valence-corrected chi connectivity index (χ3v) is 3.91. The Bertz CT molecular complexity index is 642. The van der Waals surface area contributed by atoms with Crippen molar-refractivity contribution in [2.75, 3.05) is 14.2 Å². The van der Waals surface area contributed by atoms with Crippen LogP contribution in [0.25, 0.3) is 0 Å². The molecule has 0 atom stereocenters. The minimum Gasteiger partial charge on any atom is -0.495 e. The first-order valence-corrected chi connectivity index (χ1v) is 7.23. The number of carbonyl (C=O) groups is 1. The first kappa shape index (κ1) is 15.0. The predicted octanol–water partition coefficient (Wildman–Crippen LogP) is 3.85. The van der Waals surface area contributed by atoms with E-state index in [2.05, 4.69) is 36.8 Å². The Balaban J connectivity index is 2.49. The van der Waals surface area contributed by atoms with Crippen LogP contribution < -0.4 is 9.47 Å². The summed E-state index contributed by atoms with van der Waals surface area (Å²) in [5.74, 6) is 0.818. The minimum absolute atomic E-state index is 0.210. The van der Waals surface area contributed by atoms with E-state index in [9.17, 15) is 4.79 Å². The Labute approximate surface area is 133 Å². The third kappa shape index (κ3) is 2.86. The number of hydrogen-bond acceptors (Lipinski definition) is 4. The van der Waals surface area contributed by atoms with Crippen LogP contribution >= 0.6 is 31.9 Å². The summed E-state index contributed by atoms with van der Waals surface area (Å²) in [4.78, 5) is 16.6. The topological polar surface area (TPSA) is 48.4 Å². The van der Waals surface area contributed by atoms with Crippen LogP contribution in [-0.2, 0) is 0 Å². The molecule has 1 aromatic carbocycles. The summed E-state index contributed by atoms with van der Waals surface area (Å²) < 4.78 is 11.9. The molecule has 0 N–H and O–H groups in total. The largest absolute Gasteiger partial charge is 0.495 e. The lowest BCUT2D eigenvalue weighted by Crippen LogP contribution is -2.07. The average Bonchev–Trinajstić information content (AvgIpc) is 2.47. The summed E-state index contributed by atoms with van der Waals surface area (Å²) in [5, 5.41) is 0. The van der Waals surface area contributed by atoms with Crippen LogP contribution in [0, 0.1) is 0 Å². The van der Waals surface area contributed by atoms with E-state index in [1.54, 1.807) is 37.6 Å². The van der Waals surface area contributed by atoms with Crippen LogP contribution in [0.3, 0.4) is 0 Å². The van der Waals surface area contributed by atoms with Crippen molar-refractivity contribution < 1.29 is 14.3 Å². The number of aromatic nitrogens is 1. The molecule has 0 fully saturated rings. The molecule has 4 nitrogen and oxygen atoms in total. The number of hydrogen-bond donors (Lipinski definition) is 0. The van der Waals surface area contributed by atoms with Crippen molar-refractivity contribution in [2.45, 2.75) is 0 Å². The molecule has 6 heteroatoms. The van der Waals surface area contributed by atoms with Gasteiger partial charge in [0.1, 0.15) is 21.7 Å². The van der Waals surface area contributed by atoms with Gasteiger partial charge >= 0.3 is 0 Å². The van der Waals surface area contributed by atoms with Crippen molar-refractivity contribution >= 4 is 37.6 Å². The summed E-state index contributed by atoms with van der Waals surface area (Å²) in [6.07, 6.45) is 1.58. The summed E-state index contributed by atoms with van der Waals surface area (Å²) in [7, 11) is 3.06. The van der Waals surface area contributed by atoms with Gasteiger partial charge < -0.3 is 9.47 Å². The quantitative estimate of drug-likeness (QED) is 0.731. The van der Waals surface area contributed by atoms with Gasteiger partial charge in [0.25, 0.3) is 0 Å². The van der Waals surface area contributed by atoms with Crippen molar-refractivity contribution in [3.63, 3.8) is 0 Å². The van der Waals surface area contributed by atoms with Gasteiger partial charge in [0.15, 0.2) is 0 Å². The number of ketones is 1. The number of benzene rings is 1. The number of halogens is 2. The molecule has 0 aliphatic carbocycles. The predicted molar refractivity (Wildman–Crippen MR) is 82.6 cm³/mol. The Morgan fingerprint density at radius 3 is 2.40 bits per heavy atom. The number of nitrogens with zero attached hydrogens (tertiary/aromatic N) is 1. The van der Waals surface area contributed by atoms with Gasteiger partial charge in [0.2, 0.25) is 5.78 Å². The first-order valence-electron chi connectivity index (χ1n) is 5.65. The molecule has 0 unspecified atom stereocenters. The van der Waals surface area contributed by atoms with E-state index in [1.165, 1.54) is 7.11 Å². The maximum Gasteiger partial charge on any atom is 0.215 e. The molecule has 1 aromatic heterocycles. The number of rotatable bonds is 4. The zero-order valence-electron chi connectivity index (χ0n) is 10.8. The van der Waals surface area contributed by atoms with Crippen LogP contribution in [-0.4, -0.2) is 25.0 Å². The molecule has 104 valence electrons. The Kier molecular flexibility index (Phi) is 4.77. The number of ether oxygens (including phenoxy) is 2. The van der Waals surface area contributed by atoms with E-state index in [1.807, 2.05) is 0 Å². The second-order valence-electron chi connectivity index (χ2n) is 3.85. The molecule has 0 amide bonds. The molecule has 0 aliphatic rings. The lowest BCUT2D eigenvalue weighted by Gasteiger charge is -2.12. The van der Waals surface area contributed by atoms with Gasteiger partial charge in [-0.05, 0) is 56.1 Å². The molecule has 2 rings (SSSR count). The second-order valence-corrected chi connectivity index (χ2v) is 5.56. The first-order chi connectivity index (χ1) is 9.58. The van der Waals surface area contributed by atoms with Gasteiger partial charge in [-0.3, -0.25) is 9.78 Å². The fraction of sp³-hybridized carbons (Fsp3) is 0.143. The minimum atomic E-state index is -0.210. The monoisotopic (exact) mass is 399 g/mol. The molecule has 0 spiro atoms. The summed E-state index contributed by atoms with van der Waals surface area (Å²) in [6, 6.07) is 6.79. The summed E-state index contributed by atoms with van der Waals surface area (Å²) in [6.45, 7) is 0. The molecule has 0 aliphatic heterocycles. The average molecular weight is 401 g/mol. The zero-order chi connectivity index (χ0) is 14.7. The lowest BCUT2D eigenvalue weighted by molar-refractivity contribution is 0.103. The van der Waals surface area contributed by atoms with E-state index >= 15 is 0 Å². The standard InChI is InChI=1S/C14H11Br2NO3/c1-19-11-6-4-9(14(20-2)12(11)16)13(18)10-5-3-8(15)7-17-10/h3-7H,1-2H3. The maximum absolute atomic E-state index is 12.5. The normalized spacial score (nSPS) is 10.2. The van der Waals surface area contributed by atoms with Crippen molar-refractivity contribution in [1.82, 2.24) is 4.98 Å². The van der Waals surface area contributed by atoms with Crippen molar-refractivity contribution in [2.24, 2.45) is 0 Å². The summed E-state index contributed by atoms with van der Waals surface area (Å²) >= 11 is 6.66. The van der Waals surface area contributed by atoms with Gasteiger partial charge in [-0.2, -0.15) is 0 Å². The highest BCUT2D eigenvalue weighted by Crippen LogP contribution is 2.37. The molecule has 0 saturated carbocycles. The van der Waals surface area contributed by atoms with Gasteiger partial charge in [-0.15, -0.1) is 0 Å². The molecule has 2 aromatic rings. The number of pyridine rings is 1. The summed E-state index contributed by atoms with van der Waals surface area (Å²) in [5.41, 5.74) is 0.776. The zero-order valence-corrected chi connectivity index (χ0v) is 14.0. The third-order valence-electron chi connectivity index (χ3n) is 2.69. The van der Waals surface area contributed by atoms with E-state index in [0.717, 1.165) is 4.47 Å². The van der Waals surface area contributed by atoms with Gasteiger partial charge in [-0.1, -0.05) is 0 Å². The molecular formula is C14H11Br2NO3. The van der Waals surface area contributed by atoms with Gasteiger partial charge in [-0.25, -0.2) is 0 Å². The van der Waals surface area contributed by atoms with E-state index in [0.29, 0.717) is 27.2 Å². The van der Waals surface area contributed by atoms with Crippen LogP contribution in [0.2, 0.25) is 0 Å².